The Hall–Kier alpha value is -2.30. The quantitative estimate of drug-likeness (QED) is 0.852. The van der Waals surface area contributed by atoms with Crippen LogP contribution in [0, 0.1) is 0 Å². The highest BCUT2D eigenvalue weighted by atomic mass is 16.5. The number of hydrogen-bond donors (Lipinski definition) is 0. The van der Waals surface area contributed by atoms with Crippen molar-refractivity contribution in [3.63, 3.8) is 0 Å². The second-order valence-corrected chi connectivity index (χ2v) is 5.44. The first-order chi connectivity index (χ1) is 10.8. The van der Waals surface area contributed by atoms with Crippen molar-refractivity contribution in [2.45, 2.75) is 32.7 Å². The number of para-hydroxylation sites is 1. The first-order valence-electron chi connectivity index (χ1n) is 7.87. The second kappa shape index (κ2) is 6.64. The number of ether oxygens (including phenoxy) is 1. The molecule has 1 aromatic heterocycles. The Labute approximate surface area is 130 Å². The minimum atomic E-state index is -0.0647. The number of unbranched alkanes of at least 4 members (excludes halogenated alkanes) is 1. The van der Waals surface area contributed by atoms with E-state index in [1.165, 1.54) is 0 Å². The second-order valence-electron chi connectivity index (χ2n) is 5.44. The van der Waals surface area contributed by atoms with Gasteiger partial charge in [0.15, 0.2) is 5.69 Å². The number of aromatic nitrogens is 2. The Morgan fingerprint density at radius 1 is 1.36 bits per heavy atom. The molecule has 1 amide bonds. The molecule has 0 bridgehead atoms. The molecular formula is C17H21N3O2. The van der Waals surface area contributed by atoms with Gasteiger partial charge in [-0.3, -0.25) is 4.79 Å². The first kappa shape index (κ1) is 14.6. The van der Waals surface area contributed by atoms with Crippen molar-refractivity contribution in [2.75, 3.05) is 18.1 Å². The summed E-state index contributed by atoms with van der Waals surface area (Å²) in [5, 5.41) is 4.41. The van der Waals surface area contributed by atoms with E-state index in [4.69, 9.17) is 4.74 Å². The predicted octanol–water partition coefficient (Wildman–Crippen LogP) is 3.11. The van der Waals surface area contributed by atoms with E-state index in [9.17, 15) is 4.79 Å². The number of nitrogens with zero attached hydrogens (tertiary/aromatic N) is 3. The summed E-state index contributed by atoms with van der Waals surface area (Å²) in [7, 11) is 0. The lowest BCUT2D eigenvalue weighted by Crippen LogP contribution is -2.32. The van der Waals surface area contributed by atoms with E-state index in [1.807, 2.05) is 30.3 Å². The highest BCUT2D eigenvalue weighted by molar-refractivity contribution is 6.04. The van der Waals surface area contributed by atoms with Gasteiger partial charge in [0, 0.05) is 31.3 Å². The average Bonchev–Trinajstić information content (AvgIpc) is 3.00. The maximum Gasteiger partial charge on any atom is 0.278 e. The molecule has 2 aromatic rings. The summed E-state index contributed by atoms with van der Waals surface area (Å²) in [5.74, 6) is 0.628. The molecule has 3 rings (SSSR count). The van der Waals surface area contributed by atoms with Gasteiger partial charge in [0.05, 0.1) is 6.61 Å². The highest BCUT2D eigenvalue weighted by Gasteiger charge is 2.23. The number of hydrogen-bond acceptors (Lipinski definition) is 3. The average molecular weight is 299 g/mol. The third kappa shape index (κ3) is 2.98. The van der Waals surface area contributed by atoms with Gasteiger partial charge in [-0.2, -0.15) is 5.10 Å². The van der Waals surface area contributed by atoms with E-state index in [2.05, 4.69) is 12.0 Å². The molecule has 22 heavy (non-hydrogen) atoms. The molecule has 5 heteroatoms. The van der Waals surface area contributed by atoms with Crippen molar-refractivity contribution in [3.05, 3.63) is 42.1 Å². The topological polar surface area (TPSA) is 47.4 Å². The van der Waals surface area contributed by atoms with E-state index < -0.39 is 0 Å². The van der Waals surface area contributed by atoms with E-state index in [0.717, 1.165) is 31.5 Å². The molecule has 0 saturated carbocycles. The molecule has 0 aliphatic carbocycles. The molecule has 0 radical (unpaired) electrons. The lowest BCUT2D eigenvalue weighted by Gasteiger charge is -2.21. The number of carbonyl (C=O) groups is 1. The van der Waals surface area contributed by atoms with Gasteiger partial charge in [-0.1, -0.05) is 31.5 Å². The summed E-state index contributed by atoms with van der Waals surface area (Å²) in [5.41, 5.74) is 1.37. The molecule has 0 N–H and O–H groups in total. The molecule has 116 valence electrons. The number of amides is 1. The molecule has 1 aliphatic heterocycles. The molecule has 1 aromatic carbocycles. The van der Waals surface area contributed by atoms with Crippen LogP contribution >= 0.6 is 0 Å². The fourth-order valence-electron chi connectivity index (χ4n) is 2.58. The maximum atomic E-state index is 12.9. The number of benzene rings is 1. The van der Waals surface area contributed by atoms with Crippen LogP contribution in [0.15, 0.2) is 36.4 Å². The normalized spacial score (nSPS) is 13.3. The van der Waals surface area contributed by atoms with E-state index >= 15 is 0 Å². The van der Waals surface area contributed by atoms with Crippen LogP contribution in [0.5, 0.6) is 5.88 Å². The number of carbonyl (C=O) groups excluding carboxylic acids is 1. The fraction of sp³-hybridized carbons (Fsp3) is 0.412. The van der Waals surface area contributed by atoms with Crippen LogP contribution < -0.4 is 9.64 Å². The van der Waals surface area contributed by atoms with Crippen molar-refractivity contribution in [1.82, 2.24) is 9.78 Å². The molecule has 0 fully saturated rings. The summed E-state index contributed by atoms with van der Waals surface area (Å²) >= 11 is 0. The van der Waals surface area contributed by atoms with E-state index in [1.54, 1.807) is 15.6 Å². The zero-order valence-electron chi connectivity index (χ0n) is 12.9. The number of anilines is 1. The molecule has 5 nitrogen and oxygen atoms in total. The van der Waals surface area contributed by atoms with Gasteiger partial charge in [-0.25, -0.2) is 4.68 Å². The van der Waals surface area contributed by atoms with Crippen molar-refractivity contribution in [2.24, 2.45) is 0 Å². The first-order valence-corrected chi connectivity index (χ1v) is 7.87. The smallest absolute Gasteiger partial charge is 0.278 e. The van der Waals surface area contributed by atoms with Crippen LogP contribution in [0.2, 0.25) is 0 Å². The molecule has 0 atom stereocenters. The Morgan fingerprint density at radius 3 is 2.91 bits per heavy atom. The predicted molar refractivity (Wildman–Crippen MR) is 85.4 cm³/mol. The van der Waals surface area contributed by atoms with Crippen LogP contribution in [0.25, 0.3) is 0 Å². The third-order valence-corrected chi connectivity index (χ3v) is 3.77. The Kier molecular flexibility index (Phi) is 4.42. The zero-order valence-corrected chi connectivity index (χ0v) is 12.9. The van der Waals surface area contributed by atoms with Gasteiger partial charge in [0.2, 0.25) is 5.88 Å². The molecule has 2 heterocycles. The standard InChI is InChI=1S/C17H21N3O2/c1-2-3-10-19(14-8-5-4-6-9-14)17(21)15-13-16-20(18-15)11-7-12-22-16/h4-6,8-9,13H,2-3,7,10-12H2,1H3. The monoisotopic (exact) mass is 299 g/mol. The van der Waals surface area contributed by atoms with Gasteiger partial charge < -0.3 is 9.64 Å². The van der Waals surface area contributed by atoms with Gasteiger partial charge in [-0.05, 0) is 18.6 Å². The molecule has 1 aliphatic rings. The van der Waals surface area contributed by atoms with Crippen LogP contribution in [0.4, 0.5) is 5.69 Å². The number of rotatable bonds is 5. The summed E-state index contributed by atoms with van der Waals surface area (Å²) in [6.45, 7) is 4.32. The Morgan fingerprint density at radius 2 is 2.18 bits per heavy atom. The van der Waals surface area contributed by atoms with Crippen molar-refractivity contribution in [3.8, 4) is 5.88 Å². The summed E-state index contributed by atoms with van der Waals surface area (Å²) in [6.07, 6.45) is 2.94. The minimum Gasteiger partial charge on any atom is -0.478 e. The van der Waals surface area contributed by atoms with Gasteiger partial charge in [-0.15, -0.1) is 0 Å². The van der Waals surface area contributed by atoms with Crippen LogP contribution in [0.3, 0.4) is 0 Å². The van der Waals surface area contributed by atoms with Crippen LogP contribution in [-0.2, 0) is 6.54 Å². The van der Waals surface area contributed by atoms with Crippen molar-refractivity contribution in [1.29, 1.82) is 0 Å². The molecular weight excluding hydrogens is 278 g/mol. The molecule has 0 saturated heterocycles. The lowest BCUT2D eigenvalue weighted by molar-refractivity contribution is 0.0981. The lowest BCUT2D eigenvalue weighted by atomic mass is 10.2. The van der Waals surface area contributed by atoms with E-state index in [0.29, 0.717) is 24.7 Å². The SMILES string of the molecule is CCCCN(C(=O)c1cc2n(n1)CCCO2)c1ccccc1. The van der Waals surface area contributed by atoms with Gasteiger partial charge >= 0.3 is 0 Å². The largest absolute Gasteiger partial charge is 0.478 e. The number of aryl methyl sites for hydroxylation is 1. The zero-order chi connectivity index (χ0) is 15.4. The summed E-state index contributed by atoms with van der Waals surface area (Å²) in [6, 6.07) is 11.5. The summed E-state index contributed by atoms with van der Waals surface area (Å²) < 4.78 is 7.33. The Bertz CT molecular complexity index is 613. The fourth-order valence-corrected chi connectivity index (χ4v) is 2.58. The third-order valence-electron chi connectivity index (χ3n) is 3.77. The van der Waals surface area contributed by atoms with Gasteiger partial charge in [0.1, 0.15) is 0 Å². The van der Waals surface area contributed by atoms with Gasteiger partial charge in [0.25, 0.3) is 5.91 Å². The van der Waals surface area contributed by atoms with Crippen molar-refractivity contribution < 1.29 is 9.53 Å². The Balaban J connectivity index is 1.86. The van der Waals surface area contributed by atoms with E-state index in [-0.39, 0.29) is 5.91 Å². The molecule has 0 unspecified atom stereocenters. The maximum absolute atomic E-state index is 12.9. The molecule has 0 spiro atoms. The highest BCUT2D eigenvalue weighted by Crippen LogP contribution is 2.22. The van der Waals surface area contributed by atoms with Crippen molar-refractivity contribution >= 4 is 11.6 Å². The van der Waals surface area contributed by atoms with Crippen LogP contribution in [0.1, 0.15) is 36.7 Å². The summed E-state index contributed by atoms with van der Waals surface area (Å²) in [4.78, 5) is 14.7. The minimum absolute atomic E-state index is 0.0647. The van der Waals surface area contributed by atoms with Crippen LogP contribution in [-0.4, -0.2) is 28.8 Å². The number of fused-ring (bicyclic) bond motifs is 1.